The Morgan fingerprint density at radius 3 is 2.71 bits per heavy atom. The number of benzene rings is 1. The van der Waals surface area contributed by atoms with Crippen molar-refractivity contribution in [1.29, 1.82) is 0 Å². The van der Waals surface area contributed by atoms with Gasteiger partial charge in [-0.3, -0.25) is 0 Å². The molecule has 0 saturated heterocycles. The predicted octanol–water partition coefficient (Wildman–Crippen LogP) is 2.04. The molecule has 2 rings (SSSR count). The second-order valence-corrected chi connectivity index (χ2v) is 3.77. The number of aliphatic hydroxyl groups excluding tert-OH is 1. The Balaban J connectivity index is 2.02. The van der Waals surface area contributed by atoms with Crippen LogP contribution in [0.3, 0.4) is 0 Å². The van der Waals surface area contributed by atoms with Crippen molar-refractivity contribution in [1.82, 2.24) is 0 Å². The lowest BCUT2D eigenvalue weighted by Crippen LogP contribution is -2.37. The monoisotopic (exact) mass is 196 g/mol. The third kappa shape index (κ3) is 1.87. The van der Waals surface area contributed by atoms with Crippen molar-refractivity contribution in [3.8, 4) is 5.75 Å². The third-order valence-electron chi connectivity index (χ3n) is 2.50. The van der Waals surface area contributed by atoms with Crippen molar-refractivity contribution >= 4 is 0 Å². The Morgan fingerprint density at radius 2 is 2.14 bits per heavy atom. The van der Waals surface area contributed by atoms with Crippen LogP contribution in [-0.4, -0.2) is 17.3 Å². The van der Waals surface area contributed by atoms with Gasteiger partial charge in [0.15, 0.2) is 0 Å². The summed E-state index contributed by atoms with van der Waals surface area (Å²) in [6.07, 6.45) is 1.23. The highest BCUT2D eigenvalue weighted by Gasteiger charge is 2.29. The molecular formula is C11H13FO2. The average Bonchev–Trinajstić information content (AvgIpc) is 2.06. The molecule has 0 amide bonds. The average molecular weight is 196 g/mol. The molecule has 0 aromatic heterocycles. The molecule has 76 valence electrons. The van der Waals surface area contributed by atoms with E-state index in [-0.39, 0.29) is 18.0 Å². The minimum Gasteiger partial charge on any atom is -0.490 e. The summed E-state index contributed by atoms with van der Waals surface area (Å²) in [5.41, 5.74) is 0.798. The highest BCUT2D eigenvalue weighted by atomic mass is 19.1. The zero-order valence-electron chi connectivity index (χ0n) is 8.03. The molecule has 1 saturated carbocycles. The van der Waals surface area contributed by atoms with Gasteiger partial charge in [0.2, 0.25) is 0 Å². The lowest BCUT2D eigenvalue weighted by molar-refractivity contribution is -0.0111. The first-order valence-electron chi connectivity index (χ1n) is 4.76. The van der Waals surface area contributed by atoms with Crippen LogP contribution in [0.25, 0.3) is 0 Å². The van der Waals surface area contributed by atoms with E-state index in [1.54, 1.807) is 6.07 Å². The molecular weight excluding hydrogens is 183 g/mol. The van der Waals surface area contributed by atoms with Crippen LogP contribution in [0.2, 0.25) is 0 Å². The summed E-state index contributed by atoms with van der Waals surface area (Å²) >= 11 is 0. The normalized spacial score (nSPS) is 25.6. The molecule has 1 aliphatic rings. The number of hydrogen-bond donors (Lipinski definition) is 1. The fraction of sp³-hybridized carbons (Fsp3) is 0.455. The summed E-state index contributed by atoms with van der Waals surface area (Å²) in [4.78, 5) is 0. The Bertz CT molecular complexity index is 332. The van der Waals surface area contributed by atoms with Gasteiger partial charge in [-0.25, -0.2) is 4.39 Å². The Labute approximate surface area is 82.3 Å². The van der Waals surface area contributed by atoms with Crippen LogP contribution in [0.1, 0.15) is 18.4 Å². The molecule has 0 spiro atoms. The summed E-state index contributed by atoms with van der Waals surface area (Å²) in [5.74, 6) is 0.465. The van der Waals surface area contributed by atoms with E-state index in [1.165, 1.54) is 12.1 Å². The number of hydrogen-bond acceptors (Lipinski definition) is 2. The van der Waals surface area contributed by atoms with E-state index in [0.29, 0.717) is 18.6 Å². The van der Waals surface area contributed by atoms with E-state index < -0.39 is 0 Å². The molecule has 1 aliphatic carbocycles. The van der Waals surface area contributed by atoms with E-state index in [2.05, 4.69) is 0 Å². The van der Waals surface area contributed by atoms with E-state index >= 15 is 0 Å². The van der Waals surface area contributed by atoms with Crippen molar-refractivity contribution in [2.75, 3.05) is 0 Å². The molecule has 14 heavy (non-hydrogen) atoms. The number of aliphatic hydroxyl groups is 1. The van der Waals surface area contributed by atoms with E-state index in [4.69, 9.17) is 9.84 Å². The van der Waals surface area contributed by atoms with Gasteiger partial charge in [0.25, 0.3) is 0 Å². The number of rotatable bonds is 2. The first-order chi connectivity index (χ1) is 6.65. The second kappa shape index (κ2) is 3.58. The van der Waals surface area contributed by atoms with Crippen molar-refractivity contribution < 1.29 is 14.2 Å². The first kappa shape index (κ1) is 9.46. The Kier molecular flexibility index (Phi) is 2.42. The maximum atomic E-state index is 12.7. The highest BCUT2D eigenvalue weighted by molar-refractivity contribution is 5.32. The van der Waals surface area contributed by atoms with Gasteiger partial charge in [-0.15, -0.1) is 0 Å². The maximum absolute atomic E-state index is 12.7. The summed E-state index contributed by atoms with van der Waals surface area (Å²) in [6.45, 7) is 1.81. The smallest absolute Gasteiger partial charge is 0.123 e. The van der Waals surface area contributed by atoms with E-state index in [1.807, 2.05) is 6.92 Å². The Morgan fingerprint density at radius 1 is 1.43 bits per heavy atom. The molecule has 0 aliphatic heterocycles. The predicted molar refractivity (Wildman–Crippen MR) is 50.8 cm³/mol. The SMILES string of the molecule is Cc1cc(F)ccc1OC1CC(O)C1. The number of halogens is 1. The molecule has 0 heterocycles. The van der Waals surface area contributed by atoms with Crippen molar-refractivity contribution in [3.63, 3.8) is 0 Å². The molecule has 1 fully saturated rings. The van der Waals surface area contributed by atoms with E-state index in [0.717, 1.165) is 5.56 Å². The van der Waals surface area contributed by atoms with Gasteiger partial charge < -0.3 is 9.84 Å². The van der Waals surface area contributed by atoms with Gasteiger partial charge in [0, 0.05) is 12.8 Å². The van der Waals surface area contributed by atoms with Crippen LogP contribution >= 0.6 is 0 Å². The van der Waals surface area contributed by atoms with Gasteiger partial charge in [0.1, 0.15) is 17.7 Å². The molecule has 1 aromatic rings. The van der Waals surface area contributed by atoms with Gasteiger partial charge in [-0.2, -0.15) is 0 Å². The summed E-state index contributed by atoms with van der Waals surface area (Å²) < 4.78 is 18.3. The van der Waals surface area contributed by atoms with E-state index in [9.17, 15) is 4.39 Å². The quantitative estimate of drug-likeness (QED) is 0.784. The van der Waals surface area contributed by atoms with Crippen molar-refractivity contribution in [2.24, 2.45) is 0 Å². The molecule has 2 nitrogen and oxygen atoms in total. The van der Waals surface area contributed by atoms with Gasteiger partial charge in [0.05, 0.1) is 6.10 Å². The van der Waals surface area contributed by atoms with Crippen LogP contribution in [0.15, 0.2) is 18.2 Å². The van der Waals surface area contributed by atoms with Crippen molar-refractivity contribution in [2.45, 2.75) is 32.0 Å². The number of ether oxygens (including phenoxy) is 1. The molecule has 0 unspecified atom stereocenters. The van der Waals surface area contributed by atoms with Gasteiger partial charge in [-0.1, -0.05) is 0 Å². The summed E-state index contributed by atoms with van der Waals surface area (Å²) in [7, 11) is 0. The van der Waals surface area contributed by atoms with Crippen molar-refractivity contribution in [3.05, 3.63) is 29.6 Å². The molecule has 0 bridgehead atoms. The minimum absolute atomic E-state index is 0.0918. The third-order valence-corrected chi connectivity index (χ3v) is 2.50. The fourth-order valence-electron chi connectivity index (χ4n) is 1.56. The molecule has 0 atom stereocenters. The van der Waals surface area contributed by atoms with Crippen LogP contribution in [-0.2, 0) is 0 Å². The van der Waals surface area contributed by atoms with Gasteiger partial charge in [-0.05, 0) is 30.7 Å². The summed E-state index contributed by atoms with van der Waals surface area (Å²) in [5, 5.41) is 9.07. The Hall–Kier alpha value is -1.09. The van der Waals surface area contributed by atoms with Crippen LogP contribution in [0, 0.1) is 12.7 Å². The standard InChI is InChI=1S/C11H13FO2/c1-7-4-8(12)2-3-11(7)14-10-5-9(13)6-10/h2-4,9-10,13H,5-6H2,1H3. The topological polar surface area (TPSA) is 29.5 Å². The second-order valence-electron chi connectivity index (χ2n) is 3.77. The largest absolute Gasteiger partial charge is 0.490 e. The van der Waals surface area contributed by atoms with Crippen LogP contribution < -0.4 is 4.74 Å². The fourth-order valence-corrected chi connectivity index (χ4v) is 1.56. The lowest BCUT2D eigenvalue weighted by Gasteiger charge is -2.32. The molecule has 3 heteroatoms. The maximum Gasteiger partial charge on any atom is 0.123 e. The molecule has 1 N–H and O–H groups in total. The lowest BCUT2D eigenvalue weighted by atomic mass is 9.92. The minimum atomic E-state index is -0.247. The molecule has 1 aromatic carbocycles. The zero-order chi connectivity index (χ0) is 10.1. The van der Waals surface area contributed by atoms with Crippen LogP contribution in [0.5, 0.6) is 5.75 Å². The summed E-state index contributed by atoms with van der Waals surface area (Å²) in [6, 6.07) is 4.47. The zero-order valence-corrected chi connectivity index (χ0v) is 8.03. The van der Waals surface area contributed by atoms with Gasteiger partial charge >= 0.3 is 0 Å². The first-order valence-corrected chi connectivity index (χ1v) is 4.76. The number of aryl methyl sites for hydroxylation is 1. The molecule has 0 radical (unpaired) electrons. The van der Waals surface area contributed by atoms with Crippen LogP contribution in [0.4, 0.5) is 4.39 Å². The highest BCUT2D eigenvalue weighted by Crippen LogP contribution is 2.27.